The SMILES string of the molecule is CCCNC(=O)C1CC(C)(CC(=O)Nc2cc(C)nc3ccccc23)c2nc(B3Oc4ccccc4O3)c(NCc3cccc(C(F)(F)F)c3)c(=O)n21. The van der Waals surface area contributed by atoms with Gasteiger partial charge in [-0.1, -0.05) is 56.3 Å². The fourth-order valence-electron chi connectivity index (χ4n) is 6.96. The Morgan fingerprint density at radius 3 is 2.43 bits per heavy atom. The smallest absolute Gasteiger partial charge is 0.518 e. The quantitative estimate of drug-likeness (QED) is 0.157. The lowest BCUT2D eigenvalue weighted by Crippen LogP contribution is -2.49. The summed E-state index contributed by atoms with van der Waals surface area (Å²) in [5, 5.41) is 9.63. The second kappa shape index (κ2) is 13.9. The maximum Gasteiger partial charge on any atom is 0.655 e. The molecule has 11 nitrogen and oxygen atoms in total. The lowest BCUT2D eigenvalue weighted by Gasteiger charge is -2.24. The average Bonchev–Trinajstić information content (AvgIpc) is 3.68. The van der Waals surface area contributed by atoms with Gasteiger partial charge in [0.05, 0.1) is 16.8 Å². The molecular formula is C38H36BF3N6O5. The van der Waals surface area contributed by atoms with Crippen LogP contribution in [0.15, 0.2) is 83.7 Å². The molecule has 4 heterocycles. The van der Waals surface area contributed by atoms with E-state index in [1.807, 2.05) is 38.1 Å². The number of alkyl halides is 3. The Hall–Kier alpha value is -5.86. The Balaban J connectivity index is 1.30. The van der Waals surface area contributed by atoms with E-state index in [4.69, 9.17) is 14.3 Å². The molecule has 15 heteroatoms. The predicted octanol–water partition coefficient (Wildman–Crippen LogP) is 5.65. The molecule has 2 atom stereocenters. The van der Waals surface area contributed by atoms with Gasteiger partial charge in [0.15, 0.2) is 0 Å². The first-order valence-corrected chi connectivity index (χ1v) is 17.3. The third kappa shape index (κ3) is 7.02. The molecule has 0 bridgehead atoms. The first-order chi connectivity index (χ1) is 25.3. The highest BCUT2D eigenvalue weighted by molar-refractivity contribution is 6.64. The summed E-state index contributed by atoms with van der Waals surface area (Å²) in [5.74, 6) is 0.194. The van der Waals surface area contributed by atoms with Gasteiger partial charge in [-0.05, 0) is 61.7 Å². The predicted molar refractivity (Wildman–Crippen MR) is 194 cm³/mol. The Labute approximate surface area is 303 Å². The van der Waals surface area contributed by atoms with Crippen molar-refractivity contribution < 1.29 is 32.1 Å². The van der Waals surface area contributed by atoms with Crippen molar-refractivity contribution in [1.82, 2.24) is 19.9 Å². The van der Waals surface area contributed by atoms with E-state index in [1.54, 1.807) is 37.3 Å². The number of pyridine rings is 1. The first kappa shape index (κ1) is 35.5. The van der Waals surface area contributed by atoms with Crippen LogP contribution in [0, 0.1) is 6.92 Å². The minimum atomic E-state index is -4.56. The zero-order chi connectivity index (χ0) is 37.5. The highest BCUT2D eigenvalue weighted by Gasteiger charge is 2.50. The van der Waals surface area contributed by atoms with E-state index in [-0.39, 0.29) is 48.0 Å². The second-order valence-electron chi connectivity index (χ2n) is 13.6. The van der Waals surface area contributed by atoms with Crippen molar-refractivity contribution in [3.8, 4) is 11.5 Å². The van der Waals surface area contributed by atoms with Crippen LogP contribution in [0.3, 0.4) is 0 Å². The molecule has 3 aromatic carbocycles. The largest absolute Gasteiger partial charge is 0.655 e. The summed E-state index contributed by atoms with van der Waals surface area (Å²) in [5.41, 5.74) is -0.446. The van der Waals surface area contributed by atoms with Crippen molar-refractivity contribution in [3.63, 3.8) is 0 Å². The van der Waals surface area contributed by atoms with Crippen LogP contribution >= 0.6 is 0 Å². The molecule has 5 aromatic rings. The number of aryl methyl sites for hydroxylation is 1. The number of nitrogens with one attached hydrogen (secondary N) is 3. The molecule has 3 N–H and O–H groups in total. The molecule has 2 aromatic heterocycles. The summed E-state index contributed by atoms with van der Waals surface area (Å²) in [7, 11) is -1.22. The number of hydrogen-bond acceptors (Lipinski definition) is 8. The summed E-state index contributed by atoms with van der Waals surface area (Å²) < 4.78 is 54.1. The third-order valence-electron chi connectivity index (χ3n) is 9.42. The third-order valence-corrected chi connectivity index (χ3v) is 9.42. The molecule has 2 aliphatic rings. The summed E-state index contributed by atoms with van der Waals surface area (Å²) in [6.45, 7) is 5.69. The van der Waals surface area contributed by atoms with Gasteiger partial charge >= 0.3 is 13.3 Å². The number of halogens is 3. The van der Waals surface area contributed by atoms with Gasteiger partial charge < -0.3 is 25.3 Å². The summed E-state index contributed by atoms with van der Waals surface area (Å²) in [6.07, 6.45) is -3.99. The highest BCUT2D eigenvalue weighted by Crippen LogP contribution is 2.43. The van der Waals surface area contributed by atoms with E-state index in [2.05, 4.69) is 20.9 Å². The number of nitrogens with zero attached hydrogens (tertiary/aromatic N) is 3. The molecular weight excluding hydrogens is 688 g/mol. The Bertz CT molecular complexity index is 2270. The van der Waals surface area contributed by atoms with Gasteiger partial charge in [0.1, 0.15) is 34.6 Å². The lowest BCUT2D eigenvalue weighted by molar-refractivity contribution is -0.137. The number of benzene rings is 3. The van der Waals surface area contributed by atoms with Gasteiger partial charge in [-0.3, -0.25) is 23.9 Å². The fourth-order valence-corrected chi connectivity index (χ4v) is 6.96. The molecule has 0 fully saturated rings. The summed E-state index contributed by atoms with van der Waals surface area (Å²) in [4.78, 5) is 51.8. The first-order valence-electron chi connectivity index (χ1n) is 17.3. The molecule has 0 spiro atoms. The topological polar surface area (TPSA) is 136 Å². The molecule has 0 aliphatic carbocycles. The van der Waals surface area contributed by atoms with Gasteiger partial charge in [0.25, 0.3) is 5.56 Å². The number of fused-ring (bicyclic) bond motifs is 3. The van der Waals surface area contributed by atoms with E-state index >= 15 is 0 Å². The second-order valence-corrected chi connectivity index (χ2v) is 13.6. The molecule has 2 amide bonds. The number of carbonyl (C=O) groups is 2. The van der Waals surface area contributed by atoms with Crippen LogP contribution in [0.4, 0.5) is 24.5 Å². The number of aromatic nitrogens is 3. The number of rotatable bonds is 10. The van der Waals surface area contributed by atoms with Crippen molar-refractivity contribution in [2.45, 2.75) is 64.2 Å². The van der Waals surface area contributed by atoms with Crippen LogP contribution < -0.4 is 36.4 Å². The Morgan fingerprint density at radius 1 is 1.00 bits per heavy atom. The van der Waals surface area contributed by atoms with Crippen LogP contribution in [0.1, 0.15) is 61.8 Å². The van der Waals surface area contributed by atoms with Gasteiger partial charge in [-0.25, -0.2) is 4.98 Å². The van der Waals surface area contributed by atoms with Crippen molar-refractivity contribution in [3.05, 3.63) is 112 Å². The van der Waals surface area contributed by atoms with Crippen LogP contribution in [-0.4, -0.2) is 40.0 Å². The maximum absolute atomic E-state index is 14.7. The molecule has 2 unspecified atom stereocenters. The molecule has 272 valence electrons. The fraction of sp³-hybridized carbons (Fsp3) is 0.289. The standard InChI is InChI=1S/C38H36BF3N6O5/c1-4-16-43-34(50)28-19-37(3,20-31(49)46-27-17-22(2)45-26-13-6-5-12-25(26)27)36-47-33(39-52-29-14-7-8-15-30(29)53-39)32(35(51)48(28)36)44-21-23-10-9-11-24(18-23)38(40,41)42/h5-15,17-18,28,44H,4,16,19-21H2,1-3H3,(H,43,50)(H,45,46,49). The van der Waals surface area contributed by atoms with E-state index in [0.717, 1.165) is 17.5 Å². The average molecular weight is 725 g/mol. The molecule has 0 saturated carbocycles. The number of para-hydroxylation sites is 3. The van der Waals surface area contributed by atoms with Gasteiger partial charge in [-0.15, -0.1) is 0 Å². The Morgan fingerprint density at radius 2 is 1.72 bits per heavy atom. The van der Waals surface area contributed by atoms with Gasteiger partial charge in [0, 0.05) is 36.0 Å². The lowest BCUT2D eigenvalue weighted by atomic mass is 9.80. The van der Waals surface area contributed by atoms with E-state index in [0.29, 0.717) is 41.4 Å². The number of amides is 2. The zero-order valence-electron chi connectivity index (χ0n) is 29.2. The van der Waals surface area contributed by atoms with Crippen LogP contribution in [0.25, 0.3) is 10.9 Å². The summed E-state index contributed by atoms with van der Waals surface area (Å²) >= 11 is 0. The van der Waals surface area contributed by atoms with E-state index in [1.165, 1.54) is 16.7 Å². The van der Waals surface area contributed by atoms with Gasteiger partial charge in [-0.2, -0.15) is 13.2 Å². The minimum Gasteiger partial charge on any atom is -0.518 e. The highest BCUT2D eigenvalue weighted by atomic mass is 19.4. The summed E-state index contributed by atoms with van der Waals surface area (Å²) in [6, 6.07) is 19.8. The normalized spacial score (nSPS) is 17.5. The van der Waals surface area contributed by atoms with Crippen molar-refractivity contribution in [2.75, 3.05) is 17.2 Å². The zero-order valence-corrected chi connectivity index (χ0v) is 29.2. The van der Waals surface area contributed by atoms with Gasteiger partial charge in [0.2, 0.25) is 11.8 Å². The molecule has 0 radical (unpaired) electrons. The van der Waals surface area contributed by atoms with Crippen molar-refractivity contribution in [2.24, 2.45) is 0 Å². The van der Waals surface area contributed by atoms with E-state index in [9.17, 15) is 27.6 Å². The van der Waals surface area contributed by atoms with Crippen LogP contribution in [-0.2, 0) is 27.7 Å². The number of anilines is 2. The Kier molecular flexibility index (Phi) is 9.35. The minimum absolute atomic E-state index is 0.0291. The van der Waals surface area contributed by atoms with Crippen LogP contribution in [0.5, 0.6) is 11.5 Å². The number of carbonyl (C=O) groups excluding carboxylic acids is 2. The molecule has 0 saturated heterocycles. The molecule has 7 rings (SSSR count). The monoisotopic (exact) mass is 724 g/mol. The van der Waals surface area contributed by atoms with Crippen LogP contribution in [0.2, 0.25) is 0 Å². The number of hydrogen-bond donors (Lipinski definition) is 3. The van der Waals surface area contributed by atoms with Crippen molar-refractivity contribution >= 4 is 46.8 Å². The molecule has 53 heavy (non-hydrogen) atoms. The molecule has 2 aliphatic heterocycles. The van der Waals surface area contributed by atoms with E-state index < -0.39 is 41.8 Å². The van der Waals surface area contributed by atoms with Crippen molar-refractivity contribution in [1.29, 1.82) is 0 Å². The maximum atomic E-state index is 14.7.